The van der Waals surface area contributed by atoms with E-state index >= 15 is 0 Å². The van der Waals surface area contributed by atoms with Crippen LogP contribution in [0.5, 0.6) is 5.75 Å². The summed E-state index contributed by atoms with van der Waals surface area (Å²) in [5.74, 6) is 0.339. The van der Waals surface area contributed by atoms with Crippen molar-refractivity contribution in [3.8, 4) is 5.75 Å². The SMILES string of the molecule is CC[C@@H](C(=O)NC1CCCC1)N(Cc1ccc(C)cc1)C(=O)COc1ccc(C(C)(C)C)cc1Br. The normalized spacial score (nSPS) is 15.0. The van der Waals surface area contributed by atoms with E-state index in [0.717, 1.165) is 41.3 Å². The summed E-state index contributed by atoms with van der Waals surface area (Å²) in [6, 6.07) is 13.7. The lowest BCUT2D eigenvalue weighted by molar-refractivity contribution is -0.143. The molecule has 1 saturated carbocycles. The fraction of sp³-hybridized carbons (Fsp3) is 0.517. The highest BCUT2D eigenvalue weighted by molar-refractivity contribution is 9.10. The Morgan fingerprint density at radius 1 is 1.11 bits per heavy atom. The standard InChI is InChI=1S/C29H39BrN2O3/c1-6-25(28(34)31-23-9-7-8-10-23)32(18-21-13-11-20(2)12-14-21)27(33)19-35-26-16-15-22(17-24(26)30)29(3,4)5/h11-17,23,25H,6-10,18-19H2,1-5H3,(H,31,34)/t25-/m0/s1. The number of carbonyl (C=O) groups is 2. The molecule has 190 valence electrons. The summed E-state index contributed by atoms with van der Waals surface area (Å²) in [4.78, 5) is 28.4. The van der Waals surface area contributed by atoms with Gasteiger partial charge in [-0.05, 0) is 70.8 Å². The quantitative estimate of drug-likeness (QED) is 0.404. The number of hydrogen-bond acceptors (Lipinski definition) is 3. The summed E-state index contributed by atoms with van der Waals surface area (Å²) in [6.07, 6.45) is 4.85. The molecule has 1 atom stereocenters. The van der Waals surface area contributed by atoms with Gasteiger partial charge in [-0.15, -0.1) is 0 Å². The second-order valence-electron chi connectivity index (χ2n) is 10.6. The zero-order valence-corrected chi connectivity index (χ0v) is 23.3. The van der Waals surface area contributed by atoms with Crippen molar-refractivity contribution in [3.05, 3.63) is 63.6 Å². The van der Waals surface area contributed by atoms with Crippen molar-refractivity contribution in [1.29, 1.82) is 0 Å². The first-order valence-electron chi connectivity index (χ1n) is 12.7. The van der Waals surface area contributed by atoms with Gasteiger partial charge in [-0.25, -0.2) is 0 Å². The summed E-state index contributed by atoms with van der Waals surface area (Å²) >= 11 is 3.59. The van der Waals surface area contributed by atoms with E-state index in [-0.39, 0.29) is 29.9 Å². The molecule has 2 amide bonds. The van der Waals surface area contributed by atoms with Crippen molar-refractivity contribution >= 4 is 27.7 Å². The van der Waals surface area contributed by atoms with Crippen LogP contribution in [0.25, 0.3) is 0 Å². The molecule has 0 unspecified atom stereocenters. The van der Waals surface area contributed by atoms with Crippen molar-refractivity contribution in [2.24, 2.45) is 0 Å². The maximum Gasteiger partial charge on any atom is 0.261 e. The average molecular weight is 544 g/mol. The van der Waals surface area contributed by atoms with Crippen LogP contribution in [0.4, 0.5) is 0 Å². The largest absolute Gasteiger partial charge is 0.483 e. The van der Waals surface area contributed by atoms with E-state index in [1.54, 1.807) is 4.90 Å². The number of rotatable bonds is 9. The van der Waals surface area contributed by atoms with Gasteiger partial charge in [0.2, 0.25) is 5.91 Å². The fourth-order valence-electron chi connectivity index (χ4n) is 4.48. The van der Waals surface area contributed by atoms with Crippen LogP contribution < -0.4 is 10.1 Å². The molecule has 0 spiro atoms. The minimum Gasteiger partial charge on any atom is -0.483 e. The molecule has 0 aliphatic heterocycles. The topological polar surface area (TPSA) is 58.6 Å². The Morgan fingerprint density at radius 3 is 2.34 bits per heavy atom. The monoisotopic (exact) mass is 542 g/mol. The van der Waals surface area contributed by atoms with Gasteiger partial charge in [0.15, 0.2) is 6.61 Å². The summed E-state index contributed by atoms with van der Waals surface area (Å²) in [6.45, 7) is 10.7. The molecule has 5 nitrogen and oxygen atoms in total. The van der Waals surface area contributed by atoms with Crippen molar-refractivity contribution in [2.45, 2.75) is 90.8 Å². The Balaban J connectivity index is 1.77. The van der Waals surface area contributed by atoms with E-state index in [1.807, 2.05) is 56.3 Å². The molecular weight excluding hydrogens is 504 g/mol. The minimum absolute atomic E-state index is 0.0166. The zero-order valence-electron chi connectivity index (χ0n) is 21.7. The van der Waals surface area contributed by atoms with Crippen LogP contribution in [0.2, 0.25) is 0 Å². The smallest absolute Gasteiger partial charge is 0.261 e. The van der Waals surface area contributed by atoms with Gasteiger partial charge < -0.3 is 15.0 Å². The minimum atomic E-state index is -0.542. The number of amides is 2. The molecule has 1 N–H and O–H groups in total. The molecule has 0 bridgehead atoms. The number of benzene rings is 2. The molecule has 1 fully saturated rings. The van der Waals surface area contributed by atoms with Crippen LogP contribution in [0.15, 0.2) is 46.9 Å². The second-order valence-corrected chi connectivity index (χ2v) is 11.5. The molecule has 2 aromatic carbocycles. The van der Waals surface area contributed by atoms with Crippen molar-refractivity contribution < 1.29 is 14.3 Å². The summed E-state index contributed by atoms with van der Waals surface area (Å²) in [5.41, 5.74) is 3.35. The van der Waals surface area contributed by atoms with Gasteiger partial charge in [0.25, 0.3) is 5.91 Å². The van der Waals surface area contributed by atoms with Crippen LogP contribution in [-0.4, -0.2) is 35.4 Å². The van der Waals surface area contributed by atoms with Gasteiger partial charge in [-0.3, -0.25) is 9.59 Å². The summed E-state index contributed by atoms with van der Waals surface area (Å²) in [5, 5.41) is 3.18. The molecule has 1 aliphatic carbocycles. The highest BCUT2D eigenvalue weighted by atomic mass is 79.9. The number of hydrogen-bond donors (Lipinski definition) is 1. The summed E-state index contributed by atoms with van der Waals surface area (Å²) in [7, 11) is 0. The molecule has 2 aromatic rings. The Labute approximate surface area is 218 Å². The molecule has 6 heteroatoms. The van der Waals surface area contributed by atoms with Crippen molar-refractivity contribution in [1.82, 2.24) is 10.2 Å². The van der Waals surface area contributed by atoms with E-state index in [9.17, 15) is 9.59 Å². The van der Waals surface area contributed by atoms with Gasteiger partial charge >= 0.3 is 0 Å². The number of aryl methyl sites for hydroxylation is 1. The maximum atomic E-state index is 13.5. The molecular formula is C29H39BrN2O3. The van der Waals surface area contributed by atoms with Crippen LogP contribution in [-0.2, 0) is 21.5 Å². The third kappa shape index (κ3) is 7.57. The molecule has 0 heterocycles. The Bertz CT molecular complexity index is 1010. The number of nitrogens with zero attached hydrogens (tertiary/aromatic N) is 1. The molecule has 3 rings (SSSR count). The Hall–Kier alpha value is -2.34. The first-order valence-corrected chi connectivity index (χ1v) is 13.5. The van der Waals surface area contributed by atoms with Gasteiger partial charge in [-0.2, -0.15) is 0 Å². The fourth-order valence-corrected chi connectivity index (χ4v) is 4.98. The van der Waals surface area contributed by atoms with Gasteiger partial charge in [0.05, 0.1) is 4.47 Å². The van der Waals surface area contributed by atoms with Gasteiger partial charge in [-0.1, -0.05) is 76.4 Å². The van der Waals surface area contributed by atoms with E-state index in [0.29, 0.717) is 18.7 Å². The van der Waals surface area contributed by atoms with Gasteiger partial charge in [0, 0.05) is 12.6 Å². The van der Waals surface area contributed by atoms with Crippen LogP contribution in [0, 0.1) is 6.92 Å². The molecule has 0 saturated heterocycles. The number of ether oxygens (including phenoxy) is 1. The first-order chi connectivity index (χ1) is 16.6. The predicted molar refractivity (Wildman–Crippen MR) is 145 cm³/mol. The van der Waals surface area contributed by atoms with Crippen molar-refractivity contribution in [2.75, 3.05) is 6.61 Å². The second kappa shape index (κ2) is 12.1. The maximum absolute atomic E-state index is 13.5. The lowest BCUT2D eigenvalue weighted by Gasteiger charge is -2.31. The number of halogens is 1. The van der Waals surface area contributed by atoms with E-state index < -0.39 is 6.04 Å². The van der Waals surface area contributed by atoms with Crippen molar-refractivity contribution in [3.63, 3.8) is 0 Å². The molecule has 35 heavy (non-hydrogen) atoms. The molecule has 1 aliphatic rings. The Morgan fingerprint density at radius 2 is 1.77 bits per heavy atom. The highest BCUT2D eigenvalue weighted by Gasteiger charge is 2.31. The van der Waals surface area contributed by atoms with Crippen LogP contribution in [0.1, 0.15) is 76.5 Å². The Kier molecular flexibility index (Phi) is 9.40. The van der Waals surface area contributed by atoms with Crippen LogP contribution in [0.3, 0.4) is 0 Å². The lowest BCUT2D eigenvalue weighted by atomic mass is 9.87. The van der Waals surface area contributed by atoms with E-state index in [2.05, 4.69) is 42.0 Å². The summed E-state index contributed by atoms with van der Waals surface area (Å²) < 4.78 is 6.76. The zero-order chi connectivity index (χ0) is 25.6. The van der Waals surface area contributed by atoms with Gasteiger partial charge in [0.1, 0.15) is 11.8 Å². The number of carbonyl (C=O) groups excluding carboxylic acids is 2. The molecule has 0 aromatic heterocycles. The predicted octanol–water partition coefficient (Wildman–Crippen LogP) is 6.30. The van der Waals surface area contributed by atoms with Crippen LogP contribution >= 0.6 is 15.9 Å². The van der Waals surface area contributed by atoms with E-state index in [1.165, 1.54) is 5.56 Å². The average Bonchev–Trinajstić information content (AvgIpc) is 3.31. The number of nitrogens with one attached hydrogen (secondary N) is 1. The highest BCUT2D eigenvalue weighted by Crippen LogP contribution is 2.31. The lowest BCUT2D eigenvalue weighted by Crippen LogP contribution is -2.52. The first kappa shape index (κ1) is 27.3. The third-order valence-electron chi connectivity index (χ3n) is 6.71. The molecule has 0 radical (unpaired) electrons. The third-order valence-corrected chi connectivity index (χ3v) is 7.33. The van der Waals surface area contributed by atoms with E-state index in [4.69, 9.17) is 4.74 Å².